The normalized spacial score (nSPS) is 11.4. The Bertz CT molecular complexity index is 306. The van der Waals surface area contributed by atoms with Crippen LogP contribution < -0.4 is 0 Å². The lowest BCUT2D eigenvalue weighted by Gasteiger charge is -2.15. The standard InChI is InChI=1S/C16H28N2O2/c1-2-9-16(11-6-8-13-18-15-20)10-5-3-4-7-12-17-14-19/h16H,2-13H2,1H3. The van der Waals surface area contributed by atoms with Crippen LogP contribution in [0.15, 0.2) is 9.98 Å². The Kier molecular flexibility index (Phi) is 14.8. The lowest BCUT2D eigenvalue weighted by molar-refractivity contribution is 0.382. The van der Waals surface area contributed by atoms with E-state index in [0.29, 0.717) is 13.1 Å². The first kappa shape index (κ1) is 18.8. The van der Waals surface area contributed by atoms with Crippen molar-refractivity contribution in [3.63, 3.8) is 0 Å². The molecule has 0 aliphatic heterocycles. The molecule has 4 nitrogen and oxygen atoms in total. The van der Waals surface area contributed by atoms with Crippen molar-refractivity contribution >= 4 is 12.2 Å². The molecular formula is C16H28N2O2. The minimum Gasteiger partial charge on any atom is -0.211 e. The van der Waals surface area contributed by atoms with Crippen LogP contribution in [0.4, 0.5) is 0 Å². The Morgan fingerprint density at radius 3 is 1.80 bits per heavy atom. The molecule has 0 amide bonds. The Morgan fingerprint density at radius 2 is 1.25 bits per heavy atom. The highest BCUT2D eigenvalue weighted by Gasteiger charge is 2.07. The Labute approximate surface area is 122 Å². The summed E-state index contributed by atoms with van der Waals surface area (Å²) in [6.45, 7) is 3.49. The van der Waals surface area contributed by atoms with Gasteiger partial charge < -0.3 is 0 Å². The van der Waals surface area contributed by atoms with Crippen LogP contribution in [0.2, 0.25) is 0 Å². The van der Waals surface area contributed by atoms with Gasteiger partial charge in [-0.15, -0.1) is 0 Å². The average molecular weight is 280 g/mol. The van der Waals surface area contributed by atoms with Crippen molar-refractivity contribution in [3.8, 4) is 0 Å². The lowest BCUT2D eigenvalue weighted by Crippen LogP contribution is -2.01. The molecule has 0 radical (unpaired) electrons. The summed E-state index contributed by atoms with van der Waals surface area (Å²) in [6.07, 6.45) is 15.0. The maximum absolute atomic E-state index is 9.95. The fourth-order valence-electron chi connectivity index (χ4n) is 2.53. The molecule has 0 N–H and O–H groups in total. The predicted octanol–water partition coefficient (Wildman–Crippen LogP) is 4.20. The number of nitrogens with zero attached hydrogens (tertiary/aromatic N) is 2. The van der Waals surface area contributed by atoms with Gasteiger partial charge in [0.2, 0.25) is 12.2 Å². The van der Waals surface area contributed by atoms with Gasteiger partial charge in [0.15, 0.2) is 0 Å². The minimum absolute atomic E-state index is 0.624. The monoisotopic (exact) mass is 280 g/mol. The number of isocyanates is 2. The van der Waals surface area contributed by atoms with Crippen molar-refractivity contribution in [2.45, 2.75) is 71.1 Å². The number of aliphatic imine (C=N–C) groups is 2. The Balaban J connectivity index is 3.57. The van der Waals surface area contributed by atoms with E-state index < -0.39 is 0 Å². The fraction of sp³-hybridized carbons (Fsp3) is 0.875. The van der Waals surface area contributed by atoms with Gasteiger partial charge in [-0.25, -0.2) is 19.6 Å². The third-order valence-electron chi connectivity index (χ3n) is 3.59. The number of carbonyl (C=O) groups excluding carboxylic acids is 2. The number of rotatable bonds is 14. The highest BCUT2D eigenvalue weighted by molar-refractivity contribution is 5.32. The van der Waals surface area contributed by atoms with Gasteiger partial charge in [0.05, 0.1) is 13.1 Å². The van der Waals surface area contributed by atoms with Crippen molar-refractivity contribution < 1.29 is 9.59 Å². The predicted molar refractivity (Wildman–Crippen MR) is 81.3 cm³/mol. The van der Waals surface area contributed by atoms with Gasteiger partial charge in [-0.3, -0.25) is 0 Å². The second-order valence-corrected chi connectivity index (χ2v) is 5.30. The summed E-state index contributed by atoms with van der Waals surface area (Å²) in [5.41, 5.74) is 0. The molecule has 0 saturated carbocycles. The quantitative estimate of drug-likeness (QED) is 0.272. The number of hydrogen-bond acceptors (Lipinski definition) is 4. The molecule has 0 saturated heterocycles. The summed E-state index contributed by atoms with van der Waals surface area (Å²) in [5, 5.41) is 0. The van der Waals surface area contributed by atoms with Crippen LogP contribution in [0.25, 0.3) is 0 Å². The highest BCUT2D eigenvalue weighted by atomic mass is 16.1. The van der Waals surface area contributed by atoms with Crippen molar-refractivity contribution in [2.75, 3.05) is 13.1 Å². The molecule has 1 unspecified atom stereocenters. The molecule has 0 fully saturated rings. The molecule has 4 heteroatoms. The molecular weight excluding hydrogens is 252 g/mol. The molecule has 20 heavy (non-hydrogen) atoms. The van der Waals surface area contributed by atoms with E-state index in [9.17, 15) is 9.59 Å². The van der Waals surface area contributed by atoms with E-state index in [2.05, 4.69) is 16.9 Å². The average Bonchev–Trinajstić information content (AvgIpc) is 2.46. The molecule has 1 atom stereocenters. The van der Waals surface area contributed by atoms with Gasteiger partial charge in [-0.05, 0) is 18.8 Å². The topological polar surface area (TPSA) is 58.9 Å². The maximum atomic E-state index is 9.95. The molecule has 0 aliphatic carbocycles. The van der Waals surface area contributed by atoms with Crippen molar-refractivity contribution in [2.24, 2.45) is 15.9 Å². The maximum Gasteiger partial charge on any atom is 0.234 e. The zero-order valence-electron chi connectivity index (χ0n) is 12.8. The van der Waals surface area contributed by atoms with E-state index in [0.717, 1.165) is 31.6 Å². The van der Waals surface area contributed by atoms with E-state index in [4.69, 9.17) is 0 Å². The van der Waals surface area contributed by atoms with Gasteiger partial charge in [-0.2, -0.15) is 0 Å². The number of unbranched alkanes of at least 4 members (excludes halogenated alkanes) is 4. The van der Waals surface area contributed by atoms with Gasteiger partial charge in [0.25, 0.3) is 0 Å². The first-order valence-corrected chi connectivity index (χ1v) is 7.92. The third kappa shape index (κ3) is 13.2. The molecule has 0 aromatic carbocycles. The second-order valence-electron chi connectivity index (χ2n) is 5.30. The third-order valence-corrected chi connectivity index (χ3v) is 3.59. The summed E-state index contributed by atoms with van der Waals surface area (Å²) in [4.78, 5) is 27.0. The molecule has 114 valence electrons. The van der Waals surface area contributed by atoms with Gasteiger partial charge in [0, 0.05) is 0 Å². The van der Waals surface area contributed by atoms with Gasteiger partial charge in [-0.1, -0.05) is 58.3 Å². The fourth-order valence-corrected chi connectivity index (χ4v) is 2.53. The van der Waals surface area contributed by atoms with Crippen molar-refractivity contribution in [1.82, 2.24) is 0 Å². The molecule has 0 spiro atoms. The van der Waals surface area contributed by atoms with Gasteiger partial charge in [0.1, 0.15) is 0 Å². The summed E-state index contributed by atoms with van der Waals surface area (Å²) in [7, 11) is 0. The lowest BCUT2D eigenvalue weighted by atomic mass is 9.91. The van der Waals surface area contributed by atoms with Crippen LogP contribution in [0.1, 0.15) is 71.1 Å². The summed E-state index contributed by atoms with van der Waals surface area (Å²) >= 11 is 0. The van der Waals surface area contributed by atoms with Crippen LogP contribution in [-0.4, -0.2) is 25.2 Å². The van der Waals surface area contributed by atoms with Gasteiger partial charge >= 0.3 is 0 Å². The van der Waals surface area contributed by atoms with E-state index in [1.54, 1.807) is 12.2 Å². The van der Waals surface area contributed by atoms with E-state index in [1.165, 1.54) is 38.5 Å². The summed E-state index contributed by atoms with van der Waals surface area (Å²) < 4.78 is 0. The Hall–Kier alpha value is -1.24. The van der Waals surface area contributed by atoms with Crippen LogP contribution in [0.3, 0.4) is 0 Å². The summed E-state index contributed by atoms with van der Waals surface area (Å²) in [5.74, 6) is 0.813. The SMILES string of the molecule is CCCC(CCCCCCN=C=O)CCCCN=C=O. The van der Waals surface area contributed by atoms with Crippen LogP contribution >= 0.6 is 0 Å². The minimum atomic E-state index is 0.624. The summed E-state index contributed by atoms with van der Waals surface area (Å²) in [6, 6.07) is 0. The smallest absolute Gasteiger partial charge is 0.211 e. The van der Waals surface area contributed by atoms with E-state index >= 15 is 0 Å². The highest BCUT2D eigenvalue weighted by Crippen LogP contribution is 2.21. The largest absolute Gasteiger partial charge is 0.234 e. The first-order chi connectivity index (χ1) is 9.85. The van der Waals surface area contributed by atoms with Crippen LogP contribution in [-0.2, 0) is 9.59 Å². The number of hydrogen-bond donors (Lipinski definition) is 0. The van der Waals surface area contributed by atoms with E-state index in [-0.39, 0.29) is 0 Å². The molecule has 0 aromatic rings. The van der Waals surface area contributed by atoms with Crippen LogP contribution in [0, 0.1) is 5.92 Å². The molecule has 0 aromatic heterocycles. The van der Waals surface area contributed by atoms with Crippen molar-refractivity contribution in [3.05, 3.63) is 0 Å². The van der Waals surface area contributed by atoms with E-state index in [1.807, 2.05) is 0 Å². The first-order valence-electron chi connectivity index (χ1n) is 7.92. The van der Waals surface area contributed by atoms with Crippen LogP contribution in [0.5, 0.6) is 0 Å². The second kappa shape index (κ2) is 15.8. The molecule has 0 heterocycles. The molecule has 0 aliphatic rings. The molecule has 0 rings (SSSR count). The zero-order valence-corrected chi connectivity index (χ0v) is 12.8. The zero-order chi connectivity index (χ0) is 14.9. The Morgan fingerprint density at radius 1 is 0.750 bits per heavy atom. The van der Waals surface area contributed by atoms with Crippen molar-refractivity contribution in [1.29, 1.82) is 0 Å². The molecule has 0 bridgehead atoms.